The lowest BCUT2D eigenvalue weighted by molar-refractivity contribution is -0.139. The highest BCUT2D eigenvalue weighted by Gasteiger charge is 2.24. The van der Waals surface area contributed by atoms with Crippen LogP contribution in [0.5, 0.6) is 5.75 Å². The molecular formula is C20H20ClNO4. The van der Waals surface area contributed by atoms with Crippen molar-refractivity contribution in [1.29, 1.82) is 0 Å². The van der Waals surface area contributed by atoms with Crippen molar-refractivity contribution in [3.05, 3.63) is 77.1 Å². The molecule has 0 aliphatic heterocycles. The van der Waals surface area contributed by atoms with Crippen molar-refractivity contribution in [1.82, 2.24) is 4.90 Å². The summed E-state index contributed by atoms with van der Waals surface area (Å²) in [4.78, 5) is 14.6. The van der Waals surface area contributed by atoms with E-state index in [1.807, 2.05) is 25.1 Å². The standard InChI is InChI=1S/C20H20ClNO4/c1-14-11-16(7-8-19(14)21)26-15(2)20(23)22(12-17-5-3-9-24-17)13-18-6-4-10-25-18/h3-11,15H,12-13H2,1-2H3/t15-/m0/s1. The van der Waals surface area contributed by atoms with Crippen LogP contribution in [0.3, 0.4) is 0 Å². The summed E-state index contributed by atoms with van der Waals surface area (Å²) in [6.45, 7) is 4.28. The Bertz CT molecular complexity index is 807. The third-order valence-corrected chi connectivity index (χ3v) is 4.38. The Balaban J connectivity index is 1.73. The molecule has 6 heteroatoms. The summed E-state index contributed by atoms with van der Waals surface area (Å²) in [5.74, 6) is 1.83. The first-order chi connectivity index (χ1) is 12.5. The van der Waals surface area contributed by atoms with Gasteiger partial charge in [-0.25, -0.2) is 0 Å². The maximum absolute atomic E-state index is 12.9. The predicted octanol–water partition coefficient (Wildman–Crippen LogP) is 4.83. The molecule has 136 valence electrons. The Labute approximate surface area is 157 Å². The van der Waals surface area contributed by atoms with Gasteiger partial charge in [-0.1, -0.05) is 11.6 Å². The fourth-order valence-corrected chi connectivity index (χ4v) is 2.71. The minimum Gasteiger partial charge on any atom is -0.481 e. The zero-order valence-corrected chi connectivity index (χ0v) is 15.4. The van der Waals surface area contributed by atoms with E-state index < -0.39 is 6.10 Å². The molecule has 0 fully saturated rings. The fourth-order valence-electron chi connectivity index (χ4n) is 2.60. The van der Waals surface area contributed by atoms with Crippen LogP contribution in [-0.4, -0.2) is 16.9 Å². The normalized spacial score (nSPS) is 12.0. The lowest BCUT2D eigenvalue weighted by atomic mass is 10.2. The quantitative estimate of drug-likeness (QED) is 0.595. The molecular weight excluding hydrogens is 354 g/mol. The molecule has 26 heavy (non-hydrogen) atoms. The second-order valence-electron chi connectivity index (χ2n) is 6.02. The Hall–Kier alpha value is -2.66. The van der Waals surface area contributed by atoms with Crippen molar-refractivity contribution in [2.75, 3.05) is 0 Å². The van der Waals surface area contributed by atoms with Gasteiger partial charge >= 0.3 is 0 Å². The lowest BCUT2D eigenvalue weighted by Crippen LogP contribution is -2.39. The van der Waals surface area contributed by atoms with Crippen molar-refractivity contribution in [2.24, 2.45) is 0 Å². The largest absolute Gasteiger partial charge is 0.481 e. The number of rotatable bonds is 7. The van der Waals surface area contributed by atoms with E-state index in [9.17, 15) is 4.79 Å². The fraction of sp³-hybridized carbons (Fsp3) is 0.250. The minimum absolute atomic E-state index is 0.162. The zero-order valence-electron chi connectivity index (χ0n) is 14.6. The van der Waals surface area contributed by atoms with Crippen molar-refractivity contribution < 1.29 is 18.4 Å². The molecule has 0 saturated heterocycles. The van der Waals surface area contributed by atoms with Crippen LogP contribution in [0, 0.1) is 6.92 Å². The molecule has 0 aliphatic rings. The Kier molecular flexibility index (Phi) is 5.68. The second kappa shape index (κ2) is 8.15. The van der Waals surface area contributed by atoms with E-state index in [0.717, 1.165) is 5.56 Å². The summed E-state index contributed by atoms with van der Waals surface area (Å²) in [5, 5.41) is 0.661. The van der Waals surface area contributed by atoms with Crippen molar-refractivity contribution >= 4 is 17.5 Å². The van der Waals surface area contributed by atoms with Crippen LogP contribution >= 0.6 is 11.6 Å². The van der Waals surface area contributed by atoms with E-state index in [1.165, 1.54) is 0 Å². The van der Waals surface area contributed by atoms with Gasteiger partial charge in [-0.05, 0) is 61.9 Å². The summed E-state index contributed by atoms with van der Waals surface area (Å²) in [5.41, 5.74) is 0.895. The Morgan fingerprint density at radius 3 is 2.23 bits per heavy atom. The average molecular weight is 374 g/mol. The van der Waals surface area contributed by atoms with Gasteiger partial charge in [0, 0.05) is 5.02 Å². The van der Waals surface area contributed by atoms with E-state index in [2.05, 4.69) is 0 Å². The molecule has 0 unspecified atom stereocenters. The van der Waals surface area contributed by atoms with Gasteiger partial charge in [-0.2, -0.15) is 0 Å². The highest BCUT2D eigenvalue weighted by atomic mass is 35.5. The van der Waals surface area contributed by atoms with E-state index in [4.69, 9.17) is 25.2 Å². The highest BCUT2D eigenvalue weighted by Crippen LogP contribution is 2.22. The van der Waals surface area contributed by atoms with Crippen molar-refractivity contribution in [2.45, 2.75) is 33.0 Å². The van der Waals surface area contributed by atoms with Crippen molar-refractivity contribution in [3.63, 3.8) is 0 Å². The van der Waals surface area contributed by atoms with Crippen LogP contribution in [0.25, 0.3) is 0 Å². The molecule has 5 nitrogen and oxygen atoms in total. The van der Waals surface area contributed by atoms with Crippen LogP contribution < -0.4 is 4.74 Å². The average Bonchev–Trinajstić information content (AvgIpc) is 3.31. The predicted molar refractivity (Wildman–Crippen MR) is 97.9 cm³/mol. The third-order valence-electron chi connectivity index (χ3n) is 3.96. The maximum Gasteiger partial charge on any atom is 0.264 e. The number of halogens is 1. The lowest BCUT2D eigenvalue weighted by Gasteiger charge is -2.24. The van der Waals surface area contributed by atoms with Crippen molar-refractivity contribution in [3.8, 4) is 5.75 Å². The summed E-state index contributed by atoms with van der Waals surface area (Å²) >= 11 is 6.04. The second-order valence-corrected chi connectivity index (χ2v) is 6.43. The third kappa shape index (κ3) is 4.49. The molecule has 1 aromatic carbocycles. The van der Waals surface area contributed by atoms with E-state index >= 15 is 0 Å². The summed E-state index contributed by atoms with van der Waals surface area (Å²) in [6, 6.07) is 12.6. The van der Waals surface area contributed by atoms with Crippen LogP contribution in [0.1, 0.15) is 24.0 Å². The monoisotopic (exact) mass is 373 g/mol. The number of nitrogens with zero attached hydrogens (tertiary/aromatic N) is 1. The van der Waals surface area contributed by atoms with Crippen LogP contribution in [-0.2, 0) is 17.9 Å². The van der Waals surface area contributed by atoms with Gasteiger partial charge in [-0.15, -0.1) is 0 Å². The topological polar surface area (TPSA) is 55.8 Å². The molecule has 3 rings (SSSR count). The van der Waals surface area contributed by atoms with Gasteiger partial charge in [0.25, 0.3) is 5.91 Å². The van der Waals surface area contributed by atoms with Gasteiger partial charge in [0.15, 0.2) is 6.10 Å². The number of hydrogen-bond acceptors (Lipinski definition) is 4. The molecule has 0 spiro atoms. The number of ether oxygens (including phenoxy) is 1. The molecule has 3 aromatic rings. The molecule has 0 saturated carbocycles. The molecule has 0 aliphatic carbocycles. The Morgan fingerprint density at radius 1 is 1.12 bits per heavy atom. The number of carbonyl (C=O) groups excluding carboxylic acids is 1. The van der Waals surface area contributed by atoms with Gasteiger partial charge < -0.3 is 18.5 Å². The number of benzene rings is 1. The number of hydrogen-bond donors (Lipinski definition) is 0. The highest BCUT2D eigenvalue weighted by molar-refractivity contribution is 6.31. The zero-order chi connectivity index (χ0) is 18.5. The number of amides is 1. The maximum atomic E-state index is 12.9. The first-order valence-electron chi connectivity index (χ1n) is 8.29. The molecule has 0 bridgehead atoms. The molecule has 2 aromatic heterocycles. The molecule has 0 radical (unpaired) electrons. The van der Waals surface area contributed by atoms with Gasteiger partial charge in [0.2, 0.25) is 0 Å². The molecule has 1 amide bonds. The molecule has 0 N–H and O–H groups in total. The van der Waals surface area contributed by atoms with Gasteiger partial charge in [0.1, 0.15) is 17.3 Å². The smallest absolute Gasteiger partial charge is 0.264 e. The number of carbonyl (C=O) groups is 1. The van der Waals surface area contributed by atoms with E-state index in [-0.39, 0.29) is 5.91 Å². The minimum atomic E-state index is -0.666. The van der Waals surface area contributed by atoms with E-state index in [0.29, 0.717) is 35.4 Å². The summed E-state index contributed by atoms with van der Waals surface area (Å²) in [7, 11) is 0. The van der Waals surface area contributed by atoms with Gasteiger partial charge in [0.05, 0.1) is 25.6 Å². The Morgan fingerprint density at radius 2 is 1.73 bits per heavy atom. The SMILES string of the molecule is Cc1cc(O[C@@H](C)C(=O)N(Cc2ccco2)Cc2ccco2)ccc1Cl. The molecule has 1 atom stereocenters. The first kappa shape index (κ1) is 18.1. The summed E-state index contributed by atoms with van der Waals surface area (Å²) in [6.07, 6.45) is 2.50. The van der Waals surface area contributed by atoms with Crippen LogP contribution in [0.4, 0.5) is 0 Å². The van der Waals surface area contributed by atoms with Crippen LogP contribution in [0.15, 0.2) is 63.8 Å². The molecule has 2 heterocycles. The number of aryl methyl sites for hydroxylation is 1. The van der Waals surface area contributed by atoms with Crippen LogP contribution in [0.2, 0.25) is 5.02 Å². The van der Waals surface area contributed by atoms with E-state index in [1.54, 1.807) is 48.6 Å². The van der Waals surface area contributed by atoms with Gasteiger partial charge in [-0.3, -0.25) is 4.79 Å². The summed E-state index contributed by atoms with van der Waals surface area (Å²) < 4.78 is 16.6. The first-order valence-corrected chi connectivity index (χ1v) is 8.67. The number of furan rings is 2.